The van der Waals surface area contributed by atoms with Crippen molar-refractivity contribution in [2.75, 3.05) is 32.1 Å². The normalized spacial score (nSPS) is 16.3. The molecule has 1 aliphatic heterocycles. The molecule has 0 radical (unpaired) electrons. The van der Waals surface area contributed by atoms with Gasteiger partial charge in [0.1, 0.15) is 5.88 Å². The Morgan fingerprint density at radius 2 is 1.68 bits per heavy atom. The third kappa shape index (κ3) is 4.30. The van der Waals surface area contributed by atoms with E-state index in [0.717, 1.165) is 36.0 Å². The summed E-state index contributed by atoms with van der Waals surface area (Å²) in [7, 11) is -3.69. The zero-order chi connectivity index (χ0) is 18.0. The number of nitrogens with zero attached hydrogens (tertiary/aromatic N) is 2. The minimum atomic E-state index is -3.69. The third-order valence-electron chi connectivity index (χ3n) is 4.45. The Bertz CT molecular complexity index is 893. The van der Waals surface area contributed by atoms with Crippen molar-refractivity contribution in [2.24, 2.45) is 5.14 Å². The number of nitrogens with two attached hydrogens (primary N) is 1. The zero-order valence-corrected chi connectivity index (χ0v) is 15.3. The molecule has 0 aromatic heterocycles. The van der Waals surface area contributed by atoms with Crippen LogP contribution in [0.3, 0.4) is 0 Å². The van der Waals surface area contributed by atoms with E-state index in [1.165, 1.54) is 6.07 Å². The number of piperazine rings is 1. The van der Waals surface area contributed by atoms with E-state index in [0.29, 0.717) is 13.1 Å². The monoisotopic (exact) mass is 381 g/mol. The largest absolute Gasteiger partial charge is 0.339 e. The molecule has 0 unspecified atom stereocenters. The van der Waals surface area contributed by atoms with Gasteiger partial charge in [-0.2, -0.15) is 0 Å². The molecular formula is C17H20ClN3O3S. The van der Waals surface area contributed by atoms with Gasteiger partial charge in [-0.3, -0.25) is 9.69 Å². The van der Waals surface area contributed by atoms with Crippen molar-refractivity contribution >= 4 is 38.3 Å². The first-order valence-corrected chi connectivity index (χ1v) is 10.1. The number of halogens is 1. The van der Waals surface area contributed by atoms with E-state index in [1.54, 1.807) is 17.0 Å². The molecular weight excluding hydrogens is 362 g/mol. The minimum absolute atomic E-state index is 0.0160. The van der Waals surface area contributed by atoms with Gasteiger partial charge in [0.05, 0.1) is 4.90 Å². The van der Waals surface area contributed by atoms with E-state index in [4.69, 9.17) is 16.7 Å². The summed E-state index contributed by atoms with van der Waals surface area (Å²) in [5.41, 5.74) is 1.15. The molecule has 3 rings (SSSR count). The first kappa shape index (κ1) is 18.1. The molecule has 8 heteroatoms. The van der Waals surface area contributed by atoms with Crippen molar-refractivity contribution in [3.05, 3.63) is 42.0 Å². The highest BCUT2D eigenvalue weighted by Crippen LogP contribution is 2.21. The summed E-state index contributed by atoms with van der Waals surface area (Å²) >= 11 is 5.60. The third-order valence-corrected chi connectivity index (χ3v) is 5.59. The average Bonchev–Trinajstić information content (AvgIpc) is 2.60. The SMILES string of the molecule is NS(=O)(=O)c1ccc2cc(CN3CCN(C(=O)CCl)CC3)ccc2c1. The van der Waals surface area contributed by atoms with Crippen molar-refractivity contribution in [3.63, 3.8) is 0 Å². The molecule has 0 bridgehead atoms. The van der Waals surface area contributed by atoms with Crippen molar-refractivity contribution in [1.29, 1.82) is 0 Å². The molecule has 1 fully saturated rings. The highest BCUT2D eigenvalue weighted by atomic mass is 35.5. The summed E-state index contributed by atoms with van der Waals surface area (Å²) in [5, 5.41) is 6.99. The highest BCUT2D eigenvalue weighted by molar-refractivity contribution is 7.89. The summed E-state index contributed by atoms with van der Waals surface area (Å²) in [6.07, 6.45) is 0. The van der Waals surface area contributed by atoms with Crippen LogP contribution >= 0.6 is 11.6 Å². The minimum Gasteiger partial charge on any atom is -0.339 e. The van der Waals surface area contributed by atoms with Gasteiger partial charge in [-0.15, -0.1) is 11.6 Å². The van der Waals surface area contributed by atoms with Crippen molar-refractivity contribution in [2.45, 2.75) is 11.4 Å². The van der Waals surface area contributed by atoms with Gasteiger partial charge in [-0.05, 0) is 34.5 Å². The lowest BCUT2D eigenvalue weighted by molar-refractivity contribution is -0.130. The number of hydrogen-bond acceptors (Lipinski definition) is 4. The van der Waals surface area contributed by atoms with Crippen LogP contribution in [0.4, 0.5) is 0 Å². The summed E-state index contributed by atoms with van der Waals surface area (Å²) < 4.78 is 22.9. The Morgan fingerprint density at radius 3 is 2.32 bits per heavy atom. The molecule has 2 aromatic carbocycles. The van der Waals surface area contributed by atoms with E-state index in [1.807, 2.05) is 12.1 Å². The Hall–Kier alpha value is -1.67. The second-order valence-corrected chi connectivity index (χ2v) is 8.01. The van der Waals surface area contributed by atoms with Gasteiger partial charge >= 0.3 is 0 Å². The summed E-state index contributed by atoms with van der Waals surface area (Å²) in [4.78, 5) is 15.8. The molecule has 0 spiro atoms. The molecule has 134 valence electrons. The van der Waals surface area contributed by atoms with Crippen LogP contribution in [0.5, 0.6) is 0 Å². The van der Waals surface area contributed by atoms with Crippen LogP contribution in [0.2, 0.25) is 0 Å². The molecule has 1 aliphatic rings. The Balaban J connectivity index is 1.70. The lowest BCUT2D eigenvalue weighted by atomic mass is 10.1. The zero-order valence-electron chi connectivity index (χ0n) is 13.7. The molecule has 25 heavy (non-hydrogen) atoms. The fourth-order valence-corrected chi connectivity index (χ4v) is 3.76. The fraction of sp³-hybridized carbons (Fsp3) is 0.353. The molecule has 0 aliphatic carbocycles. The number of amides is 1. The second kappa shape index (κ2) is 7.29. The van der Waals surface area contributed by atoms with Gasteiger partial charge in [0.15, 0.2) is 0 Å². The first-order chi connectivity index (χ1) is 11.9. The molecule has 2 aromatic rings. The Labute approximate surface area is 152 Å². The van der Waals surface area contributed by atoms with Crippen molar-refractivity contribution < 1.29 is 13.2 Å². The summed E-state index contributed by atoms with van der Waals surface area (Å²) in [6.45, 7) is 3.79. The van der Waals surface area contributed by atoms with Gasteiger partial charge < -0.3 is 4.90 Å². The number of carbonyl (C=O) groups is 1. The van der Waals surface area contributed by atoms with Crippen molar-refractivity contribution in [3.8, 4) is 0 Å². The fourth-order valence-electron chi connectivity index (χ4n) is 3.05. The standard InChI is InChI=1S/C17H20ClN3O3S/c18-11-17(22)21-7-5-20(6-8-21)12-13-1-2-15-10-16(25(19,23)24)4-3-14(15)9-13/h1-4,9-10H,5-8,11-12H2,(H2,19,23,24). The number of alkyl halides is 1. The van der Waals surface area contributed by atoms with Crippen LogP contribution in [0.15, 0.2) is 41.3 Å². The van der Waals surface area contributed by atoms with Crippen molar-refractivity contribution in [1.82, 2.24) is 9.80 Å². The number of carbonyl (C=O) groups excluding carboxylic acids is 1. The van der Waals surface area contributed by atoms with E-state index in [-0.39, 0.29) is 16.7 Å². The van der Waals surface area contributed by atoms with Gasteiger partial charge in [-0.1, -0.05) is 18.2 Å². The molecule has 1 amide bonds. The van der Waals surface area contributed by atoms with Gasteiger partial charge in [0, 0.05) is 32.7 Å². The van der Waals surface area contributed by atoms with E-state index in [9.17, 15) is 13.2 Å². The van der Waals surface area contributed by atoms with Crippen LogP contribution in [-0.2, 0) is 21.4 Å². The van der Waals surface area contributed by atoms with Gasteiger partial charge in [-0.25, -0.2) is 13.6 Å². The maximum Gasteiger partial charge on any atom is 0.238 e. The molecule has 1 saturated heterocycles. The van der Waals surface area contributed by atoms with E-state index in [2.05, 4.69) is 11.0 Å². The lowest BCUT2D eigenvalue weighted by Crippen LogP contribution is -2.48. The topological polar surface area (TPSA) is 83.7 Å². The molecule has 1 heterocycles. The quantitative estimate of drug-likeness (QED) is 0.811. The Morgan fingerprint density at radius 1 is 1.04 bits per heavy atom. The van der Waals surface area contributed by atoms with E-state index < -0.39 is 10.0 Å². The van der Waals surface area contributed by atoms with Gasteiger partial charge in [0.25, 0.3) is 0 Å². The summed E-state index contributed by atoms with van der Waals surface area (Å²) in [5.74, 6) is 0.0169. The lowest BCUT2D eigenvalue weighted by Gasteiger charge is -2.34. The molecule has 0 atom stereocenters. The maximum absolute atomic E-state index is 11.6. The molecule has 0 saturated carbocycles. The predicted octanol–water partition coefficient (Wildman–Crippen LogP) is 1.37. The predicted molar refractivity (Wildman–Crippen MR) is 97.9 cm³/mol. The number of rotatable bonds is 4. The number of sulfonamides is 1. The second-order valence-electron chi connectivity index (χ2n) is 6.18. The number of fused-ring (bicyclic) bond motifs is 1. The molecule has 2 N–H and O–H groups in total. The van der Waals surface area contributed by atoms with Crippen LogP contribution < -0.4 is 5.14 Å². The molecule has 6 nitrogen and oxygen atoms in total. The number of primary sulfonamides is 1. The van der Waals surface area contributed by atoms with Crippen LogP contribution in [0, 0.1) is 0 Å². The number of benzene rings is 2. The summed E-state index contributed by atoms with van der Waals surface area (Å²) in [6, 6.07) is 10.8. The van der Waals surface area contributed by atoms with E-state index >= 15 is 0 Å². The average molecular weight is 382 g/mol. The van der Waals surface area contributed by atoms with Crippen LogP contribution in [0.1, 0.15) is 5.56 Å². The maximum atomic E-state index is 11.6. The Kier molecular flexibility index (Phi) is 5.29. The van der Waals surface area contributed by atoms with Crippen LogP contribution in [0.25, 0.3) is 10.8 Å². The first-order valence-electron chi connectivity index (χ1n) is 7.98. The van der Waals surface area contributed by atoms with Crippen LogP contribution in [-0.4, -0.2) is 56.2 Å². The highest BCUT2D eigenvalue weighted by Gasteiger charge is 2.20. The smallest absolute Gasteiger partial charge is 0.238 e. The number of hydrogen-bond donors (Lipinski definition) is 1. The van der Waals surface area contributed by atoms with Gasteiger partial charge in [0.2, 0.25) is 15.9 Å².